The van der Waals surface area contributed by atoms with E-state index >= 15 is 0 Å². The molecule has 2 aliphatic heterocycles. The number of nitriles is 1. The summed E-state index contributed by atoms with van der Waals surface area (Å²) in [5.74, 6) is -0.371. The minimum atomic E-state index is -1.42. The first kappa shape index (κ1) is 29.0. The summed E-state index contributed by atoms with van der Waals surface area (Å²) in [6.45, 7) is 11.0. The van der Waals surface area contributed by atoms with E-state index in [-0.39, 0.29) is 18.8 Å². The zero-order chi connectivity index (χ0) is 27.3. The predicted molar refractivity (Wildman–Crippen MR) is 147 cm³/mol. The molecule has 2 N–H and O–H groups in total. The lowest BCUT2D eigenvalue weighted by molar-refractivity contribution is -0.143. The molecule has 0 aliphatic carbocycles. The van der Waals surface area contributed by atoms with Crippen molar-refractivity contribution in [3.05, 3.63) is 57.6 Å². The SMILES string of the molecule is COc1c(CC#N)c2c(c3c1OC(C)(C)C3)C(c1cccc(C(=O)NC(C)(C)C(=O)O)c1)=NC(C)(C)C2.Cl. The van der Waals surface area contributed by atoms with E-state index in [2.05, 4.69) is 11.4 Å². The smallest absolute Gasteiger partial charge is 0.328 e. The summed E-state index contributed by atoms with van der Waals surface area (Å²) >= 11 is 0. The number of carboxylic acids is 1. The molecule has 2 aromatic carbocycles. The highest BCUT2D eigenvalue weighted by Crippen LogP contribution is 2.50. The van der Waals surface area contributed by atoms with Crippen molar-refractivity contribution in [3.8, 4) is 17.6 Å². The molecule has 0 unspecified atom stereocenters. The Morgan fingerprint density at radius 3 is 2.50 bits per heavy atom. The van der Waals surface area contributed by atoms with Crippen molar-refractivity contribution < 1.29 is 24.2 Å². The van der Waals surface area contributed by atoms with Crippen LogP contribution >= 0.6 is 12.4 Å². The standard InChI is InChI=1S/C29H33N3O5.ClH/c1-27(2)14-19-18(11-12-30)23(36-7)24-20(15-28(3,4)37-24)21(19)22(31-27)16-9-8-10-17(13-16)25(33)32-29(5,6)26(34)35;/h8-10,13H,11,14-15H2,1-7H3,(H,32,33)(H,34,35);1H. The molecule has 0 fully saturated rings. The molecule has 38 heavy (non-hydrogen) atoms. The molecule has 8 nitrogen and oxygen atoms in total. The van der Waals surface area contributed by atoms with Gasteiger partial charge in [-0.2, -0.15) is 5.26 Å². The second-order valence-corrected chi connectivity index (χ2v) is 11.5. The molecule has 0 bridgehead atoms. The van der Waals surface area contributed by atoms with Gasteiger partial charge in [-0.05, 0) is 65.7 Å². The molecule has 0 aromatic heterocycles. The van der Waals surface area contributed by atoms with Gasteiger partial charge in [0.25, 0.3) is 5.91 Å². The second-order valence-electron chi connectivity index (χ2n) is 11.5. The normalized spacial score (nSPS) is 16.5. The number of rotatable bonds is 6. The largest absolute Gasteiger partial charge is 0.493 e. The number of halogens is 1. The highest BCUT2D eigenvalue weighted by molar-refractivity contribution is 6.17. The highest BCUT2D eigenvalue weighted by Gasteiger charge is 2.42. The maximum Gasteiger partial charge on any atom is 0.328 e. The Hall–Kier alpha value is -3.57. The maximum absolute atomic E-state index is 13.0. The molecule has 0 saturated heterocycles. The van der Waals surface area contributed by atoms with Crippen LogP contribution in [0.3, 0.4) is 0 Å². The average molecular weight is 540 g/mol. The molecule has 1 amide bonds. The first-order valence-electron chi connectivity index (χ1n) is 12.3. The lowest BCUT2D eigenvalue weighted by Gasteiger charge is -2.33. The number of methoxy groups -OCH3 is 1. The van der Waals surface area contributed by atoms with Crippen molar-refractivity contribution in [2.45, 2.75) is 77.5 Å². The van der Waals surface area contributed by atoms with Gasteiger partial charge in [0.2, 0.25) is 0 Å². The quantitative estimate of drug-likeness (QED) is 0.550. The van der Waals surface area contributed by atoms with Crippen molar-refractivity contribution in [3.63, 3.8) is 0 Å². The van der Waals surface area contributed by atoms with E-state index in [0.717, 1.165) is 33.5 Å². The molecular weight excluding hydrogens is 506 g/mol. The summed E-state index contributed by atoms with van der Waals surface area (Å²) in [4.78, 5) is 29.6. The average Bonchev–Trinajstić information content (AvgIpc) is 3.12. The molecule has 2 aromatic rings. The molecule has 0 spiro atoms. The van der Waals surface area contributed by atoms with Gasteiger partial charge in [-0.1, -0.05) is 12.1 Å². The third-order valence-electron chi connectivity index (χ3n) is 6.78. The summed E-state index contributed by atoms with van der Waals surface area (Å²) in [7, 11) is 1.60. The van der Waals surface area contributed by atoms with Crippen LogP contribution in [0.4, 0.5) is 0 Å². The van der Waals surface area contributed by atoms with Crippen LogP contribution in [-0.2, 0) is 24.1 Å². The summed E-state index contributed by atoms with van der Waals surface area (Å²) in [5, 5.41) is 21.7. The Morgan fingerprint density at radius 2 is 1.89 bits per heavy atom. The third kappa shape index (κ3) is 5.21. The number of hydrogen-bond acceptors (Lipinski definition) is 6. The fourth-order valence-corrected chi connectivity index (χ4v) is 5.09. The van der Waals surface area contributed by atoms with Gasteiger partial charge in [0.05, 0.1) is 30.9 Å². The fraction of sp³-hybridized carbons (Fsp3) is 0.448. The van der Waals surface area contributed by atoms with Gasteiger partial charge in [0.1, 0.15) is 11.1 Å². The minimum absolute atomic E-state index is 0. The lowest BCUT2D eigenvalue weighted by atomic mass is 9.78. The molecule has 9 heteroatoms. The zero-order valence-corrected chi connectivity index (χ0v) is 23.6. The van der Waals surface area contributed by atoms with E-state index in [1.165, 1.54) is 13.8 Å². The van der Waals surface area contributed by atoms with Gasteiger partial charge >= 0.3 is 5.97 Å². The highest BCUT2D eigenvalue weighted by atomic mass is 35.5. The summed E-state index contributed by atoms with van der Waals surface area (Å²) < 4.78 is 12.1. The molecule has 0 saturated carbocycles. The molecule has 0 atom stereocenters. The minimum Gasteiger partial charge on any atom is -0.493 e. The second kappa shape index (κ2) is 9.95. The summed E-state index contributed by atoms with van der Waals surface area (Å²) in [6.07, 6.45) is 1.43. The van der Waals surface area contributed by atoms with Crippen molar-refractivity contribution in [1.29, 1.82) is 5.26 Å². The monoisotopic (exact) mass is 539 g/mol. The molecule has 4 rings (SSSR count). The first-order valence-corrected chi connectivity index (χ1v) is 12.3. The number of aliphatic carboxylic acids is 1. The molecule has 202 valence electrons. The van der Waals surface area contributed by atoms with Gasteiger partial charge in [-0.3, -0.25) is 9.79 Å². The zero-order valence-electron chi connectivity index (χ0n) is 22.8. The van der Waals surface area contributed by atoms with Crippen molar-refractivity contribution >= 4 is 30.0 Å². The van der Waals surface area contributed by atoms with E-state index in [0.29, 0.717) is 29.9 Å². The Bertz CT molecular complexity index is 1390. The van der Waals surface area contributed by atoms with Gasteiger partial charge < -0.3 is 19.9 Å². The number of nitrogens with zero attached hydrogens (tertiary/aromatic N) is 2. The number of ether oxygens (including phenoxy) is 2. The molecular formula is C29H34ClN3O5. The number of aliphatic imine (C=N–C) groups is 1. The Labute approximate surface area is 229 Å². The van der Waals surface area contributed by atoms with Gasteiger partial charge in [-0.25, -0.2) is 4.79 Å². The van der Waals surface area contributed by atoms with E-state index in [9.17, 15) is 20.0 Å². The number of fused-ring (bicyclic) bond motifs is 3. The van der Waals surface area contributed by atoms with Crippen LogP contribution in [0.2, 0.25) is 0 Å². The number of carboxylic acid groups (broad SMARTS) is 1. The van der Waals surface area contributed by atoms with Crippen LogP contribution in [0.1, 0.15) is 79.7 Å². The summed E-state index contributed by atoms with van der Waals surface area (Å²) in [5.41, 5.74) is 3.15. The number of amides is 1. The van der Waals surface area contributed by atoms with Crippen LogP contribution in [0.15, 0.2) is 29.3 Å². The van der Waals surface area contributed by atoms with E-state index in [1.807, 2.05) is 33.8 Å². The maximum atomic E-state index is 13.0. The van der Waals surface area contributed by atoms with Crippen molar-refractivity contribution in [1.82, 2.24) is 5.32 Å². The number of carbonyl (C=O) groups is 2. The van der Waals surface area contributed by atoms with Crippen molar-refractivity contribution in [2.75, 3.05) is 7.11 Å². The van der Waals surface area contributed by atoms with Gasteiger partial charge in [-0.15, -0.1) is 12.4 Å². The Balaban J connectivity index is 0.00000400. The van der Waals surface area contributed by atoms with E-state index < -0.39 is 28.6 Å². The number of nitrogens with one attached hydrogen (secondary N) is 1. The topological polar surface area (TPSA) is 121 Å². The third-order valence-corrected chi connectivity index (χ3v) is 6.78. The number of carbonyl (C=O) groups excluding carboxylic acids is 1. The van der Waals surface area contributed by atoms with Gasteiger partial charge in [0, 0.05) is 34.2 Å². The van der Waals surface area contributed by atoms with E-state index in [1.54, 1.807) is 25.3 Å². The van der Waals surface area contributed by atoms with Crippen LogP contribution < -0.4 is 14.8 Å². The molecule has 2 aliphatic rings. The molecule has 0 radical (unpaired) electrons. The van der Waals surface area contributed by atoms with E-state index in [4.69, 9.17) is 14.5 Å². The van der Waals surface area contributed by atoms with Crippen LogP contribution in [-0.4, -0.2) is 46.5 Å². The Kier molecular flexibility index (Phi) is 7.59. The number of hydrogen-bond donors (Lipinski definition) is 2. The van der Waals surface area contributed by atoms with Gasteiger partial charge in [0.15, 0.2) is 11.5 Å². The number of benzene rings is 2. The fourth-order valence-electron chi connectivity index (χ4n) is 5.09. The molecule has 2 heterocycles. The van der Waals surface area contributed by atoms with Crippen LogP contribution in [0.25, 0.3) is 0 Å². The first-order chi connectivity index (χ1) is 17.2. The lowest BCUT2D eigenvalue weighted by Crippen LogP contribution is -2.49. The van der Waals surface area contributed by atoms with Crippen molar-refractivity contribution in [2.24, 2.45) is 4.99 Å². The Morgan fingerprint density at radius 1 is 1.21 bits per heavy atom. The summed E-state index contributed by atoms with van der Waals surface area (Å²) in [6, 6.07) is 9.33. The van der Waals surface area contributed by atoms with Crippen LogP contribution in [0, 0.1) is 11.3 Å². The predicted octanol–water partition coefficient (Wildman–Crippen LogP) is 4.66. The van der Waals surface area contributed by atoms with Crippen LogP contribution in [0.5, 0.6) is 11.5 Å².